The molecule has 8 nitrogen and oxygen atoms in total. The number of carbonyl (C=O) groups excluding carboxylic acids is 2. The smallest absolute Gasteiger partial charge is 0.302 e. The van der Waals surface area contributed by atoms with Gasteiger partial charge in [0.2, 0.25) is 5.91 Å². The summed E-state index contributed by atoms with van der Waals surface area (Å²) < 4.78 is 13.1. The Hall–Kier alpha value is -3.16. The first-order valence-corrected chi connectivity index (χ1v) is 10.8. The second-order valence-corrected chi connectivity index (χ2v) is 8.60. The average Bonchev–Trinajstić information content (AvgIpc) is 3.48. The van der Waals surface area contributed by atoms with E-state index in [9.17, 15) is 9.59 Å². The lowest BCUT2D eigenvalue weighted by molar-refractivity contribution is -0.146. The maximum atomic E-state index is 11.9. The van der Waals surface area contributed by atoms with Crippen LogP contribution in [0.5, 0.6) is 0 Å². The Morgan fingerprint density at radius 3 is 2.77 bits per heavy atom. The molecule has 0 spiro atoms. The minimum Gasteiger partial charge on any atom is -0.462 e. The van der Waals surface area contributed by atoms with Crippen molar-refractivity contribution in [2.24, 2.45) is 0 Å². The highest BCUT2D eigenvalue weighted by Crippen LogP contribution is 2.39. The largest absolute Gasteiger partial charge is 0.462 e. The van der Waals surface area contributed by atoms with Crippen LogP contribution in [0.4, 0.5) is 0 Å². The summed E-state index contributed by atoms with van der Waals surface area (Å²) in [4.78, 5) is 28.3. The van der Waals surface area contributed by atoms with Crippen molar-refractivity contribution < 1.29 is 18.8 Å². The number of rotatable bonds is 4. The van der Waals surface area contributed by atoms with E-state index in [1.165, 1.54) is 6.92 Å². The fourth-order valence-electron chi connectivity index (χ4n) is 5.10. The lowest BCUT2D eigenvalue weighted by Gasteiger charge is -2.20. The number of nitrogens with zero attached hydrogens (tertiary/aromatic N) is 3. The molecular weight excluding hydrogens is 396 g/mol. The summed E-state index contributed by atoms with van der Waals surface area (Å²) in [6.07, 6.45) is 3.66. The Morgan fingerprint density at radius 1 is 1.26 bits per heavy atom. The number of ether oxygens (including phenoxy) is 1. The van der Waals surface area contributed by atoms with Crippen molar-refractivity contribution in [3.63, 3.8) is 0 Å². The Balaban J connectivity index is 1.58. The number of esters is 1. The zero-order valence-electron chi connectivity index (χ0n) is 18.0. The van der Waals surface area contributed by atoms with Crippen LogP contribution in [0.1, 0.15) is 68.4 Å². The average molecular weight is 422 g/mol. The van der Waals surface area contributed by atoms with E-state index in [0.29, 0.717) is 6.42 Å². The molecule has 3 aromatic rings. The van der Waals surface area contributed by atoms with Crippen molar-refractivity contribution in [3.8, 4) is 11.1 Å². The summed E-state index contributed by atoms with van der Waals surface area (Å²) in [6, 6.07) is 6.30. The number of benzene rings is 1. The molecule has 1 aromatic carbocycles. The molecule has 31 heavy (non-hydrogen) atoms. The summed E-state index contributed by atoms with van der Waals surface area (Å²) in [5.74, 6) is 1.47. The maximum Gasteiger partial charge on any atom is 0.302 e. The molecule has 3 heterocycles. The van der Waals surface area contributed by atoms with Gasteiger partial charge in [0, 0.05) is 31.4 Å². The summed E-state index contributed by atoms with van der Waals surface area (Å²) >= 11 is 0. The third-order valence-electron chi connectivity index (χ3n) is 6.40. The number of fused-ring (bicyclic) bond motifs is 1. The van der Waals surface area contributed by atoms with Gasteiger partial charge in [-0.15, -0.1) is 0 Å². The van der Waals surface area contributed by atoms with Gasteiger partial charge < -0.3 is 19.1 Å². The molecule has 3 atom stereocenters. The van der Waals surface area contributed by atoms with Crippen molar-refractivity contribution in [1.29, 1.82) is 0 Å². The molecule has 8 heteroatoms. The molecular formula is C23H26N4O4. The van der Waals surface area contributed by atoms with E-state index < -0.39 is 0 Å². The highest BCUT2D eigenvalue weighted by Gasteiger charge is 2.34. The molecule has 0 bridgehead atoms. The minimum absolute atomic E-state index is 0.0595. The van der Waals surface area contributed by atoms with E-state index in [2.05, 4.69) is 33.2 Å². The number of nitrogens with one attached hydrogen (secondary N) is 1. The van der Waals surface area contributed by atoms with Gasteiger partial charge in [0.1, 0.15) is 17.7 Å². The first kappa shape index (κ1) is 19.8. The normalized spacial score (nSPS) is 23.5. The van der Waals surface area contributed by atoms with Gasteiger partial charge in [-0.2, -0.15) is 0 Å². The second-order valence-electron chi connectivity index (χ2n) is 8.60. The van der Waals surface area contributed by atoms with Crippen molar-refractivity contribution in [1.82, 2.24) is 20.0 Å². The number of amides is 1. The van der Waals surface area contributed by atoms with E-state index in [1.807, 2.05) is 13.8 Å². The molecule has 2 aliphatic rings. The van der Waals surface area contributed by atoms with Crippen LogP contribution in [-0.2, 0) is 14.3 Å². The number of carbonyl (C=O) groups is 2. The summed E-state index contributed by atoms with van der Waals surface area (Å²) in [5.41, 5.74) is 4.76. The monoisotopic (exact) mass is 422 g/mol. The summed E-state index contributed by atoms with van der Waals surface area (Å²) in [5, 5.41) is 7.14. The number of aryl methyl sites for hydroxylation is 2. The molecule has 2 aromatic heterocycles. The predicted molar refractivity (Wildman–Crippen MR) is 113 cm³/mol. The molecule has 1 saturated heterocycles. The van der Waals surface area contributed by atoms with Gasteiger partial charge in [0.25, 0.3) is 0 Å². The number of hydrogen-bond acceptors (Lipinski definition) is 6. The zero-order valence-corrected chi connectivity index (χ0v) is 18.0. The van der Waals surface area contributed by atoms with Crippen molar-refractivity contribution in [3.05, 3.63) is 35.5 Å². The van der Waals surface area contributed by atoms with Crippen LogP contribution in [0.15, 0.2) is 22.7 Å². The quantitative estimate of drug-likeness (QED) is 0.640. The molecule has 1 aliphatic heterocycles. The second kappa shape index (κ2) is 7.51. The van der Waals surface area contributed by atoms with E-state index in [0.717, 1.165) is 65.1 Å². The first-order valence-electron chi connectivity index (χ1n) is 10.8. The standard InChI is InChI=1S/C23H26N4O4/c1-12-22(13(2)31-26-12)15-4-8-20-19(10-15)25-23(18-7-9-21(29)24-18)27(20)16-5-6-17(11-16)30-14(3)28/h4,8,10,16-18H,5-7,9,11H2,1-3H3,(H,24,29)/t16-,17-,18+/m1/s1. The first-order chi connectivity index (χ1) is 14.9. The molecule has 1 aliphatic carbocycles. The van der Waals surface area contributed by atoms with Gasteiger partial charge in [-0.05, 0) is 50.8 Å². The van der Waals surface area contributed by atoms with E-state index in [4.69, 9.17) is 14.2 Å². The highest BCUT2D eigenvalue weighted by atomic mass is 16.5. The van der Waals surface area contributed by atoms with Crippen molar-refractivity contribution in [2.45, 2.75) is 71.1 Å². The Kier molecular flexibility index (Phi) is 4.79. The van der Waals surface area contributed by atoms with E-state index in [-0.39, 0.29) is 30.1 Å². The summed E-state index contributed by atoms with van der Waals surface area (Å²) in [6.45, 7) is 5.29. The number of hydrogen-bond donors (Lipinski definition) is 1. The molecule has 2 fully saturated rings. The van der Waals surface area contributed by atoms with Crippen molar-refractivity contribution >= 4 is 22.9 Å². The van der Waals surface area contributed by atoms with Crippen LogP contribution in [0.25, 0.3) is 22.2 Å². The topological polar surface area (TPSA) is 99.2 Å². The van der Waals surface area contributed by atoms with Gasteiger partial charge in [-0.3, -0.25) is 9.59 Å². The molecule has 1 N–H and O–H groups in total. The van der Waals surface area contributed by atoms with Crippen LogP contribution in [0.3, 0.4) is 0 Å². The van der Waals surface area contributed by atoms with E-state index in [1.54, 1.807) is 0 Å². The third-order valence-corrected chi connectivity index (χ3v) is 6.40. The van der Waals surface area contributed by atoms with Gasteiger partial charge in [0.05, 0.1) is 22.8 Å². The molecule has 0 radical (unpaired) electrons. The van der Waals surface area contributed by atoms with E-state index >= 15 is 0 Å². The highest BCUT2D eigenvalue weighted by molar-refractivity contribution is 5.84. The molecule has 5 rings (SSSR count). The molecule has 0 unspecified atom stereocenters. The predicted octanol–water partition coefficient (Wildman–Crippen LogP) is 3.92. The Bertz CT molecular complexity index is 1160. The third kappa shape index (κ3) is 3.49. The van der Waals surface area contributed by atoms with Crippen LogP contribution < -0.4 is 5.32 Å². The molecule has 1 amide bonds. The van der Waals surface area contributed by atoms with Gasteiger partial charge >= 0.3 is 5.97 Å². The number of aromatic nitrogens is 3. The van der Waals surface area contributed by atoms with Crippen LogP contribution in [-0.4, -0.2) is 32.7 Å². The number of imidazole rings is 1. The van der Waals surface area contributed by atoms with Crippen LogP contribution in [0, 0.1) is 13.8 Å². The molecule has 1 saturated carbocycles. The van der Waals surface area contributed by atoms with Gasteiger partial charge in [-0.1, -0.05) is 11.2 Å². The maximum absolute atomic E-state index is 11.9. The van der Waals surface area contributed by atoms with Crippen LogP contribution >= 0.6 is 0 Å². The zero-order chi connectivity index (χ0) is 21.7. The lowest BCUT2D eigenvalue weighted by Crippen LogP contribution is -2.23. The SMILES string of the molecule is CC(=O)O[C@@H]1CC[C@@H](n2c([C@@H]3CCC(=O)N3)nc3cc(-c4c(C)noc4C)ccc32)C1. The van der Waals surface area contributed by atoms with Crippen molar-refractivity contribution in [2.75, 3.05) is 0 Å². The van der Waals surface area contributed by atoms with Gasteiger partial charge in [0.15, 0.2) is 0 Å². The lowest BCUT2D eigenvalue weighted by atomic mass is 10.0. The Morgan fingerprint density at radius 2 is 2.10 bits per heavy atom. The fraction of sp³-hybridized carbons (Fsp3) is 0.478. The summed E-state index contributed by atoms with van der Waals surface area (Å²) in [7, 11) is 0. The molecule has 162 valence electrons. The fourth-order valence-corrected chi connectivity index (χ4v) is 5.10. The van der Waals surface area contributed by atoms with Gasteiger partial charge in [-0.25, -0.2) is 4.98 Å². The van der Waals surface area contributed by atoms with Crippen LogP contribution in [0.2, 0.25) is 0 Å². The minimum atomic E-state index is -0.242. The Labute approximate surface area is 179 Å².